The molecule has 2 aliphatic heterocycles. The molecule has 4 rings (SSSR count). The number of fused-ring (bicyclic) bond motifs is 1. The number of anilines is 1. The molecule has 2 aromatic heterocycles. The fraction of sp³-hybridized carbons (Fsp3) is 0.688. The van der Waals surface area contributed by atoms with Crippen LogP contribution >= 0.6 is 0 Å². The minimum atomic E-state index is 0.270. The maximum atomic E-state index is 12.4. The SMILES string of the molecule is Cn1nnc2c(N3CCN(CC(=O)N4CCCCC4)CC3)ncnc21. The first-order chi connectivity index (χ1) is 12.2. The molecule has 25 heavy (non-hydrogen) atoms. The Kier molecular flexibility index (Phi) is 4.48. The van der Waals surface area contributed by atoms with Crippen molar-refractivity contribution in [3.63, 3.8) is 0 Å². The summed E-state index contributed by atoms with van der Waals surface area (Å²) >= 11 is 0. The van der Waals surface area contributed by atoms with Crippen molar-refractivity contribution in [2.45, 2.75) is 19.3 Å². The third-order valence-corrected chi connectivity index (χ3v) is 5.11. The molecule has 0 bridgehead atoms. The van der Waals surface area contributed by atoms with Crippen molar-refractivity contribution in [1.29, 1.82) is 0 Å². The Morgan fingerprint density at radius 1 is 1.04 bits per heavy atom. The summed E-state index contributed by atoms with van der Waals surface area (Å²) in [6, 6.07) is 0. The molecule has 0 N–H and O–H groups in total. The van der Waals surface area contributed by atoms with E-state index in [2.05, 4.69) is 30.1 Å². The summed E-state index contributed by atoms with van der Waals surface area (Å²) < 4.78 is 1.66. The van der Waals surface area contributed by atoms with E-state index in [9.17, 15) is 4.79 Å². The van der Waals surface area contributed by atoms with E-state index in [1.54, 1.807) is 11.0 Å². The van der Waals surface area contributed by atoms with Crippen molar-refractivity contribution in [3.8, 4) is 0 Å². The average Bonchev–Trinajstić information content (AvgIpc) is 3.04. The Hall–Kier alpha value is -2.29. The quantitative estimate of drug-likeness (QED) is 0.768. The average molecular weight is 344 g/mol. The largest absolute Gasteiger partial charge is 0.352 e. The Morgan fingerprint density at radius 3 is 2.56 bits per heavy atom. The highest BCUT2D eigenvalue weighted by Crippen LogP contribution is 2.21. The van der Waals surface area contributed by atoms with Gasteiger partial charge in [-0.1, -0.05) is 5.21 Å². The van der Waals surface area contributed by atoms with Gasteiger partial charge in [0.2, 0.25) is 5.91 Å². The molecule has 9 heteroatoms. The van der Waals surface area contributed by atoms with Gasteiger partial charge in [0.25, 0.3) is 0 Å². The van der Waals surface area contributed by atoms with Crippen molar-refractivity contribution >= 4 is 22.9 Å². The molecule has 0 saturated carbocycles. The van der Waals surface area contributed by atoms with E-state index < -0.39 is 0 Å². The van der Waals surface area contributed by atoms with Crippen molar-refractivity contribution in [2.75, 3.05) is 50.7 Å². The molecule has 0 radical (unpaired) electrons. The number of likely N-dealkylation sites (tertiary alicyclic amines) is 1. The molecule has 0 aromatic carbocycles. The van der Waals surface area contributed by atoms with Gasteiger partial charge in [-0.15, -0.1) is 5.10 Å². The van der Waals surface area contributed by atoms with Gasteiger partial charge in [0.15, 0.2) is 17.0 Å². The first-order valence-corrected chi connectivity index (χ1v) is 8.98. The van der Waals surface area contributed by atoms with Crippen LogP contribution < -0.4 is 4.90 Å². The summed E-state index contributed by atoms with van der Waals surface area (Å²) in [5.41, 5.74) is 1.48. The minimum absolute atomic E-state index is 0.270. The third-order valence-electron chi connectivity index (χ3n) is 5.11. The predicted molar refractivity (Wildman–Crippen MR) is 93.2 cm³/mol. The highest BCUT2D eigenvalue weighted by molar-refractivity contribution is 5.82. The van der Waals surface area contributed by atoms with Crippen LogP contribution in [0.4, 0.5) is 5.82 Å². The fourth-order valence-corrected chi connectivity index (χ4v) is 3.62. The number of amides is 1. The highest BCUT2D eigenvalue weighted by Gasteiger charge is 2.25. The van der Waals surface area contributed by atoms with Crippen LogP contribution in [-0.4, -0.2) is 86.5 Å². The van der Waals surface area contributed by atoms with Gasteiger partial charge in [-0.25, -0.2) is 14.6 Å². The number of rotatable bonds is 3. The van der Waals surface area contributed by atoms with Gasteiger partial charge in [-0.05, 0) is 19.3 Å². The molecule has 1 amide bonds. The summed E-state index contributed by atoms with van der Waals surface area (Å²) in [6.45, 7) is 5.73. The number of aryl methyl sites for hydroxylation is 1. The van der Waals surface area contributed by atoms with E-state index in [0.29, 0.717) is 6.54 Å². The van der Waals surface area contributed by atoms with E-state index in [1.807, 2.05) is 11.9 Å². The lowest BCUT2D eigenvalue weighted by Gasteiger charge is -2.36. The van der Waals surface area contributed by atoms with Crippen LogP contribution in [-0.2, 0) is 11.8 Å². The minimum Gasteiger partial charge on any atom is -0.352 e. The zero-order valence-corrected chi connectivity index (χ0v) is 14.6. The zero-order valence-electron chi connectivity index (χ0n) is 14.6. The molecule has 9 nitrogen and oxygen atoms in total. The third kappa shape index (κ3) is 3.28. The molecule has 134 valence electrons. The summed E-state index contributed by atoms with van der Waals surface area (Å²) in [4.78, 5) is 27.5. The molecule has 0 atom stereocenters. The Bertz CT molecular complexity index is 746. The van der Waals surface area contributed by atoms with Crippen molar-refractivity contribution in [2.24, 2.45) is 7.05 Å². The van der Waals surface area contributed by atoms with E-state index >= 15 is 0 Å². The Labute approximate surface area is 146 Å². The number of carbonyl (C=O) groups excluding carboxylic acids is 1. The molecule has 0 spiro atoms. The van der Waals surface area contributed by atoms with E-state index in [4.69, 9.17) is 0 Å². The Morgan fingerprint density at radius 2 is 1.80 bits per heavy atom. The van der Waals surface area contributed by atoms with E-state index in [-0.39, 0.29) is 5.91 Å². The van der Waals surface area contributed by atoms with Crippen molar-refractivity contribution < 1.29 is 4.79 Å². The zero-order chi connectivity index (χ0) is 17.2. The maximum absolute atomic E-state index is 12.4. The molecule has 4 heterocycles. The predicted octanol–water partition coefficient (Wildman–Crippen LogP) is -0.107. The summed E-state index contributed by atoms with van der Waals surface area (Å²) in [5, 5.41) is 8.23. The number of hydrogen-bond acceptors (Lipinski definition) is 7. The number of piperazine rings is 1. The topological polar surface area (TPSA) is 83.3 Å². The van der Waals surface area contributed by atoms with Crippen molar-refractivity contribution in [3.05, 3.63) is 6.33 Å². The normalized spacial score (nSPS) is 19.6. The highest BCUT2D eigenvalue weighted by atomic mass is 16.2. The van der Waals surface area contributed by atoms with Crippen molar-refractivity contribution in [1.82, 2.24) is 34.8 Å². The lowest BCUT2D eigenvalue weighted by Crippen LogP contribution is -2.51. The van der Waals surface area contributed by atoms with Crippen LogP contribution in [0.3, 0.4) is 0 Å². The van der Waals surface area contributed by atoms with E-state index in [1.165, 1.54) is 6.42 Å². The summed E-state index contributed by atoms with van der Waals surface area (Å²) in [5.74, 6) is 1.10. The van der Waals surface area contributed by atoms with Gasteiger partial charge in [-0.2, -0.15) is 0 Å². The van der Waals surface area contributed by atoms with E-state index in [0.717, 1.165) is 69.1 Å². The molecule has 0 aliphatic carbocycles. The second-order valence-corrected chi connectivity index (χ2v) is 6.79. The molecule has 0 unspecified atom stereocenters. The molecular weight excluding hydrogens is 320 g/mol. The monoisotopic (exact) mass is 344 g/mol. The molecule has 2 saturated heterocycles. The van der Waals surface area contributed by atoms with Crippen LogP contribution in [0.15, 0.2) is 6.33 Å². The summed E-state index contributed by atoms with van der Waals surface area (Å²) in [7, 11) is 1.83. The van der Waals surface area contributed by atoms with Crippen LogP contribution in [0, 0.1) is 0 Å². The number of nitrogens with zero attached hydrogens (tertiary/aromatic N) is 8. The summed E-state index contributed by atoms with van der Waals surface area (Å²) in [6.07, 6.45) is 5.09. The van der Waals surface area contributed by atoms with Crippen LogP contribution in [0.2, 0.25) is 0 Å². The standard InChI is InChI=1S/C16H24N8O/c1-21-15-14(19-20-21)16(18-12-17-15)24-9-7-22(8-10-24)11-13(25)23-5-3-2-4-6-23/h12H,2-11H2,1H3. The van der Waals surface area contributed by atoms with Gasteiger partial charge in [0, 0.05) is 46.3 Å². The van der Waals surface area contributed by atoms with Gasteiger partial charge in [-0.3, -0.25) is 9.69 Å². The number of piperidine rings is 1. The maximum Gasteiger partial charge on any atom is 0.236 e. The first-order valence-electron chi connectivity index (χ1n) is 8.98. The number of hydrogen-bond donors (Lipinski definition) is 0. The van der Waals surface area contributed by atoms with Gasteiger partial charge in [0.05, 0.1) is 6.54 Å². The second kappa shape index (κ2) is 6.91. The lowest BCUT2D eigenvalue weighted by molar-refractivity contribution is -0.133. The Balaban J connectivity index is 1.37. The molecular formula is C16H24N8O. The lowest BCUT2D eigenvalue weighted by atomic mass is 10.1. The van der Waals surface area contributed by atoms with Crippen LogP contribution in [0.1, 0.15) is 19.3 Å². The van der Waals surface area contributed by atoms with Crippen LogP contribution in [0.5, 0.6) is 0 Å². The number of aromatic nitrogens is 5. The second-order valence-electron chi connectivity index (χ2n) is 6.79. The van der Waals surface area contributed by atoms with Gasteiger partial charge < -0.3 is 9.80 Å². The first kappa shape index (κ1) is 16.2. The fourth-order valence-electron chi connectivity index (χ4n) is 3.62. The molecule has 2 aromatic rings. The smallest absolute Gasteiger partial charge is 0.236 e. The van der Waals surface area contributed by atoms with Gasteiger partial charge in [0.1, 0.15) is 6.33 Å². The molecule has 2 aliphatic rings. The number of carbonyl (C=O) groups is 1. The van der Waals surface area contributed by atoms with Crippen LogP contribution in [0.25, 0.3) is 11.2 Å². The van der Waals surface area contributed by atoms with Gasteiger partial charge >= 0.3 is 0 Å². The molecule has 2 fully saturated rings.